The fourth-order valence-corrected chi connectivity index (χ4v) is 6.71. The summed E-state index contributed by atoms with van der Waals surface area (Å²) in [5.41, 5.74) is 3.88. The van der Waals surface area contributed by atoms with Gasteiger partial charge < -0.3 is 9.84 Å². The first kappa shape index (κ1) is 24.3. The van der Waals surface area contributed by atoms with E-state index in [2.05, 4.69) is 32.6 Å². The molecule has 0 bridgehead atoms. The van der Waals surface area contributed by atoms with E-state index < -0.39 is 5.60 Å². The lowest BCUT2D eigenvalue weighted by atomic mass is 9.60. The Hall–Kier alpha value is -1.35. The number of rotatable bonds is 6. The van der Waals surface area contributed by atoms with Gasteiger partial charge in [-0.1, -0.05) is 43.7 Å². The molecule has 0 aromatic heterocycles. The Morgan fingerprint density at radius 2 is 2.03 bits per heavy atom. The lowest BCUT2D eigenvalue weighted by Gasteiger charge is -2.44. The van der Waals surface area contributed by atoms with Crippen molar-refractivity contribution in [3.8, 4) is 0 Å². The molecule has 3 nitrogen and oxygen atoms in total. The van der Waals surface area contributed by atoms with Crippen molar-refractivity contribution in [2.24, 2.45) is 23.2 Å². The molecule has 3 rings (SSSR count). The molecular formula is C28H44O3. The van der Waals surface area contributed by atoms with Gasteiger partial charge in [0.1, 0.15) is 6.10 Å². The average Bonchev–Trinajstić information content (AvgIpc) is 3.03. The van der Waals surface area contributed by atoms with Crippen LogP contribution in [0, 0.1) is 23.2 Å². The van der Waals surface area contributed by atoms with Crippen molar-refractivity contribution in [1.29, 1.82) is 0 Å². The topological polar surface area (TPSA) is 46.5 Å². The molecule has 1 N–H and O–H groups in total. The van der Waals surface area contributed by atoms with Crippen LogP contribution in [0.25, 0.3) is 0 Å². The van der Waals surface area contributed by atoms with E-state index in [1.54, 1.807) is 5.57 Å². The zero-order valence-electron chi connectivity index (χ0n) is 20.5. The second kappa shape index (κ2) is 9.65. The van der Waals surface area contributed by atoms with Gasteiger partial charge in [0.05, 0.1) is 5.60 Å². The van der Waals surface area contributed by atoms with E-state index in [0.717, 1.165) is 38.0 Å². The third-order valence-corrected chi connectivity index (χ3v) is 8.44. The van der Waals surface area contributed by atoms with Crippen molar-refractivity contribution in [2.75, 3.05) is 0 Å². The van der Waals surface area contributed by atoms with Crippen molar-refractivity contribution < 1.29 is 14.6 Å². The third kappa shape index (κ3) is 5.92. The Morgan fingerprint density at radius 3 is 2.71 bits per heavy atom. The second-order valence-corrected chi connectivity index (χ2v) is 11.4. The van der Waals surface area contributed by atoms with Gasteiger partial charge in [0.15, 0.2) is 0 Å². The number of carbonyl (C=O) groups is 1. The SMILES string of the molecule is C=C1CC[C@H](OC(C)=O)CC1=CC=C1CCC[C@@]2(C)[C@@H]1CC[C@@H]2[C@H](C)CCC(C)(C)O. The van der Waals surface area contributed by atoms with Crippen LogP contribution in [0.15, 0.2) is 35.5 Å². The molecule has 0 aliphatic heterocycles. The highest BCUT2D eigenvalue weighted by molar-refractivity contribution is 5.66. The highest BCUT2D eigenvalue weighted by atomic mass is 16.5. The van der Waals surface area contributed by atoms with Crippen LogP contribution in [0.1, 0.15) is 98.8 Å². The minimum absolute atomic E-state index is 0.00300. The molecule has 0 spiro atoms. The van der Waals surface area contributed by atoms with E-state index in [4.69, 9.17) is 4.74 Å². The fraction of sp³-hybridized carbons (Fsp3) is 0.750. The normalized spacial score (nSPS) is 35.3. The summed E-state index contributed by atoms with van der Waals surface area (Å²) >= 11 is 0. The summed E-state index contributed by atoms with van der Waals surface area (Å²) in [6.45, 7) is 14.6. The van der Waals surface area contributed by atoms with Crippen molar-refractivity contribution >= 4 is 5.97 Å². The molecule has 31 heavy (non-hydrogen) atoms. The van der Waals surface area contributed by atoms with Crippen molar-refractivity contribution in [3.05, 3.63) is 35.5 Å². The first-order valence-corrected chi connectivity index (χ1v) is 12.5. The standard InChI is InChI=1S/C28H44O3/c1-19-9-12-24(31-21(3)29)18-23(19)11-10-22-8-7-16-28(6)25(13-14-26(22)28)20(2)15-17-27(4,5)30/h10-11,20,24-26,30H,1,7-9,12-18H2,2-6H3/t20-,24+,25-,26-,28-/m1/s1. The molecule has 3 saturated carbocycles. The molecule has 3 aliphatic carbocycles. The van der Waals surface area contributed by atoms with Gasteiger partial charge in [-0.25, -0.2) is 0 Å². The fourth-order valence-electron chi connectivity index (χ4n) is 6.71. The number of esters is 1. The minimum Gasteiger partial charge on any atom is -0.462 e. The third-order valence-electron chi connectivity index (χ3n) is 8.44. The number of ether oxygens (including phenoxy) is 1. The molecule has 3 fully saturated rings. The van der Waals surface area contributed by atoms with Crippen LogP contribution in [0.3, 0.4) is 0 Å². The van der Waals surface area contributed by atoms with Crippen molar-refractivity contribution in [2.45, 2.75) is 111 Å². The Morgan fingerprint density at radius 1 is 1.29 bits per heavy atom. The summed E-state index contributed by atoms with van der Waals surface area (Å²) in [6.07, 6.45) is 15.6. The Labute approximate surface area is 190 Å². The largest absolute Gasteiger partial charge is 0.462 e. The molecule has 0 saturated heterocycles. The molecule has 5 atom stereocenters. The number of hydrogen-bond acceptors (Lipinski definition) is 3. The van der Waals surface area contributed by atoms with E-state index in [0.29, 0.717) is 17.3 Å². The maximum absolute atomic E-state index is 11.4. The lowest BCUT2D eigenvalue weighted by Crippen LogP contribution is -2.36. The van der Waals surface area contributed by atoms with E-state index in [1.165, 1.54) is 50.2 Å². The average molecular weight is 429 g/mol. The summed E-state index contributed by atoms with van der Waals surface area (Å²) in [4.78, 5) is 11.4. The summed E-state index contributed by atoms with van der Waals surface area (Å²) in [7, 11) is 0. The molecule has 3 aliphatic rings. The second-order valence-electron chi connectivity index (χ2n) is 11.4. The summed E-state index contributed by atoms with van der Waals surface area (Å²) in [5.74, 6) is 1.89. The highest BCUT2D eigenvalue weighted by Crippen LogP contribution is 2.60. The van der Waals surface area contributed by atoms with E-state index in [1.807, 2.05) is 13.8 Å². The molecule has 3 heteroatoms. The van der Waals surface area contributed by atoms with Gasteiger partial charge in [0, 0.05) is 13.3 Å². The van der Waals surface area contributed by atoms with E-state index >= 15 is 0 Å². The number of carbonyl (C=O) groups excluding carboxylic acids is 1. The lowest BCUT2D eigenvalue weighted by molar-refractivity contribution is -0.146. The van der Waals surface area contributed by atoms with Crippen molar-refractivity contribution in [3.63, 3.8) is 0 Å². The predicted molar refractivity (Wildman–Crippen MR) is 128 cm³/mol. The minimum atomic E-state index is -0.566. The quantitative estimate of drug-likeness (QED) is 0.467. The number of aliphatic hydroxyl groups is 1. The van der Waals surface area contributed by atoms with Gasteiger partial charge in [0.25, 0.3) is 0 Å². The van der Waals surface area contributed by atoms with Gasteiger partial charge in [0.2, 0.25) is 0 Å². The molecule has 0 amide bonds. The Balaban J connectivity index is 1.72. The van der Waals surface area contributed by atoms with E-state index in [-0.39, 0.29) is 12.1 Å². The smallest absolute Gasteiger partial charge is 0.302 e. The molecule has 174 valence electrons. The van der Waals surface area contributed by atoms with Crippen LogP contribution in [-0.4, -0.2) is 22.8 Å². The Kier molecular flexibility index (Phi) is 7.56. The van der Waals surface area contributed by atoms with Crippen LogP contribution in [0.5, 0.6) is 0 Å². The first-order valence-electron chi connectivity index (χ1n) is 12.5. The summed E-state index contributed by atoms with van der Waals surface area (Å²) in [6, 6.07) is 0. The van der Waals surface area contributed by atoms with Gasteiger partial charge in [-0.2, -0.15) is 0 Å². The van der Waals surface area contributed by atoms with Crippen LogP contribution in [0.4, 0.5) is 0 Å². The molecule has 0 unspecified atom stereocenters. The molecule has 0 aromatic carbocycles. The summed E-state index contributed by atoms with van der Waals surface area (Å²) < 4.78 is 5.47. The van der Waals surface area contributed by atoms with Crippen LogP contribution >= 0.6 is 0 Å². The highest BCUT2D eigenvalue weighted by Gasteiger charge is 2.50. The number of fused-ring (bicyclic) bond motifs is 1. The number of hydrogen-bond donors (Lipinski definition) is 1. The van der Waals surface area contributed by atoms with Crippen molar-refractivity contribution in [1.82, 2.24) is 0 Å². The number of allylic oxidation sites excluding steroid dienone is 4. The predicted octanol–water partition coefficient (Wildman–Crippen LogP) is 6.91. The van der Waals surface area contributed by atoms with Gasteiger partial charge >= 0.3 is 5.97 Å². The molecule has 0 heterocycles. The first-order chi connectivity index (χ1) is 14.5. The zero-order chi connectivity index (χ0) is 22.8. The molecule has 0 aromatic rings. The van der Waals surface area contributed by atoms with E-state index in [9.17, 15) is 9.90 Å². The molecular weight excluding hydrogens is 384 g/mol. The summed E-state index contributed by atoms with van der Waals surface area (Å²) in [5, 5.41) is 10.2. The van der Waals surface area contributed by atoms with Gasteiger partial charge in [-0.05, 0) is 100 Å². The van der Waals surface area contributed by atoms with Gasteiger partial charge in [-0.15, -0.1) is 0 Å². The maximum Gasteiger partial charge on any atom is 0.302 e. The monoisotopic (exact) mass is 428 g/mol. The van der Waals surface area contributed by atoms with Crippen LogP contribution < -0.4 is 0 Å². The van der Waals surface area contributed by atoms with Gasteiger partial charge in [-0.3, -0.25) is 4.79 Å². The Bertz CT molecular complexity index is 738. The van der Waals surface area contributed by atoms with Crippen LogP contribution in [-0.2, 0) is 9.53 Å². The molecule has 0 radical (unpaired) electrons. The zero-order valence-corrected chi connectivity index (χ0v) is 20.5. The van der Waals surface area contributed by atoms with Crippen LogP contribution in [0.2, 0.25) is 0 Å². The maximum atomic E-state index is 11.4.